The van der Waals surface area contributed by atoms with Crippen molar-refractivity contribution >= 4 is 36.2 Å². The Kier molecular flexibility index (Phi) is 4.03. The van der Waals surface area contributed by atoms with Gasteiger partial charge in [-0.1, -0.05) is 6.07 Å². The third-order valence-corrected chi connectivity index (χ3v) is 5.95. The van der Waals surface area contributed by atoms with Crippen LogP contribution in [0.25, 0.3) is 0 Å². The molecular weight excluding hydrogens is 363 g/mol. The van der Waals surface area contributed by atoms with Crippen LogP contribution < -0.4 is 10.8 Å². The maximum atomic E-state index is 12.9. The lowest BCUT2D eigenvalue weighted by Gasteiger charge is -2.32. The molecule has 0 aromatic heterocycles. The van der Waals surface area contributed by atoms with E-state index >= 15 is 0 Å². The molecule has 3 heterocycles. The Labute approximate surface area is 162 Å². The quantitative estimate of drug-likeness (QED) is 0.585. The van der Waals surface area contributed by atoms with Crippen LogP contribution in [0.15, 0.2) is 18.2 Å². The summed E-state index contributed by atoms with van der Waals surface area (Å²) < 4.78 is 12.0. The number of piperidine rings is 1. The first-order valence-corrected chi connectivity index (χ1v) is 9.20. The van der Waals surface area contributed by atoms with Gasteiger partial charge in [-0.15, -0.1) is 0 Å². The highest BCUT2D eigenvalue weighted by Gasteiger charge is 2.52. The number of hydrogen-bond donors (Lipinski definition) is 1. The van der Waals surface area contributed by atoms with Gasteiger partial charge >= 0.3 is 7.12 Å². The summed E-state index contributed by atoms with van der Waals surface area (Å²) in [6.45, 7) is 7.73. The van der Waals surface area contributed by atoms with Crippen molar-refractivity contribution in [2.45, 2.75) is 57.8 Å². The van der Waals surface area contributed by atoms with Gasteiger partial charge in [0.15, 0.2) is 0 Å². The lowest BCUT2D eigenvalue weighted by atomic mass is 9.78. The normalized spacial score (nSPS) is 24.0. The van der Waals surface area contributed by atoms with Gasteiger partial charge in [0.25, 0.3) is 11.8 Å². The predicted molar refractivity (Wildman–Crippen MR) is 98.8 cm³/mol. The van der Waals surface area contributed by atoms with Gasteiger partial charge in [0, 0.05) is 12.8 Å². The van der Waals surface area contributed by atoms with E-state index in [0.29, 0.717) is 5.46 Å². The van der Waals surface area contributed by atoms with E-state index < -0.39 is 48.0 Å². The standard InChI is InChI=1S/C19H21BN2O6/c1-18(2)19(3,4)28-20(27-18)10-5-6-12-13(7-10)17(26)22(16(12)25)11-8-14(23)21-15(24)9-11/h5-7,11H,8-9H2,1-4H3,(H,21,23,24). The maximum Gasteiger partial charge on any atom is 0.494 e. The van der Waals surface area contributed by atoms with Gasteiger partial charge in [-0.05, 0) is 45.3 Å². The van der Waals surface area contributed by atoms with Crippen LogP contribution in [0.2, 0.25) is 0 Å². The molecule has 1 aromatic carbocycles. The summed E-state index contributed by atoms with van der Waals surface area (Å²) in [5.74, 6) is -1.98. The van der Waals surface area contributed by atoms with E-state index in [4.69, 9.17) is 9.31 Å². The number of nitrogens with one attached hydrogen (secondary N) is 1. The average molecular weight is 384 g/mol. The minimum absolute atomic E-state index is 0.0821. The molecule has 0 radical (unpaired) electrons. The smallest absolute Gasteiger partial charge is 0.399 e. The number of nitrogens with zero attached hydrogens (tertiary/aromatic N) is 1. The Hall–Kier alpha value is -2.52. The van der Waals surface area contributed by atoms with Crippen molar-refractivity contribution in [1.29, 1.82) is 0 Å². The Morgan fingerprint density at radius 3 is 2.04 bits per heavy atom. The molecule has 1 aromatic rings. The summed E-state index contributed by atoms with van der Waals surface area (Å²) in [5.41, 5.74) is 0.0636. The minimum atomic E-state index is -0.769. The highest BCUT2D eigenvalue weighted by molar-refractivity contribution is 6.62. The first-order chi connectivity index (χ1) is 13.0. The topological polar surface area (TPSA) is 102 Å². The lowest BCUT2D eigenvalue weighted by Crippen LogP contribution is -2.50. The number of amides is 4. The van der Waals surface area contributed by atoms with Gasteiger partial charge in [0.2, 0.25) is 11.8 Å². The highest BCUT2D eigenvalue weighted by atomic mass is 16.7. The maximum absolute atomic E-state index is 12.9. The number of imide groups is 2. The van der Waals surface area contributed by atoms with Gasteiger partial charge in [-0.3, -0.25) is 29.4 Å². The lowest BCUT2D eigenvalue weighted by molar-refractivity contribution is -0.134. The summed E-state index contributed by atoms with van der Waals surface area (Å²) in [6, 6.07) is 4.10. The van der Waals surface area contributed by atoms with E-state index in [-0.39, 0.29) is 24.0 Å². The first-order valence-electron chi connectivity index (χ1n) is 9.20. The first kappa shape index (κ1) is 18.8. The molecule has 8 nitrogen and oxygen atoms in total. The van der Waals surface area contributed by atoms with Gasteiger partial charge in [0.1, 0.15) is 0 Å². The van der Waals surface area contributed by atoms with Crippen LogP contribution in [0.5, 0.6) is 0 Å². The second-order valence-corrected chi connectivity index (χ2v) is 8.41. The number of fused-ring (bicyclic) bond motifs is 1. The summed E-state index contributed by atoms with van der Waals surface area (Å²) in [5, 5.41) is 2.18. The van der Waals surface area contributed by atoms with Crippen LogP contribution in [0, 0.1) is 0 Å². The van der Waals surface area contributed by atoms with E-state index in [0.717, 1.165) is 4.90 Å². The van der Waals surface area contributed by atoms with Gasteiger partial charge in [-0.2, -0.15) is 0 Å². The molecule has 9 heteroatoms. The molecule has 0 unspecified atom stereocenters. The monoisotopic (exact) mass is 384 g/mol. The molecule has 28 heavy (non-hydrogen) atoms. The third-order valence-electron chi connectivity index (χ3n) is 5.95. The van der Waals surface area contributed by atoms with E-state index in [1.54, 1.807) is 18.2 Å². The summed E-state index contributed by atoms with van der Waals surface area (Å²) >= 11 is 0. The molecule has 4 amide bonds. The van der Waals surface area contributed by atoms with E-state index in [1.807, 2.05) is 27.7 Å². The molecule has 0 aliphatic carbocycles. The van der Waals surface area contributed by atoms with Crippen molar-refractivity contribution in [3.63, 3.8) is 0 Å². The van der Waals surface area contributed by atoms with Gasteiger partial charge in [-0.25, -0.2) is 0 Å². The Morgan fingerprint density at radius 2 is 1.46 bits per heavy atom. The molecule has 146 valence electrons. The fraction of sp³-hybridized carbons (Fsp3) is 0.474. The van der Waals surface area contributed by atoms with Crippen molar-refractivity contribution in [1.82, 2.24) is 10.2 Å². The van der Waals surface area contributed by atoms with Gasteiger partial charge < -0.3 is 9.31 Å². The molecule has 2 saturated heterocycles. The van der Waals surface area contributed by atoms with Crippen LogP contribution in [0.4, 0.5) is 0 Å². The second-order valence-electron chi connectivity index (χ2n) is 8.41. The van der Waals surface area contributed by atoms with Crippen LogP contribution in [0.3, 0.4) is 0 Å². The van der Waals surface area contributed by atoms with E-state index in [2.05, 4.69) is 5.32 Å². The average Bonchev–Trinajstić information content (AvgIpc) is 2.96. The van der Waals surface area contributed by atoms with Crippen molar-refractivity contribution in [3.05, 3.63) is 29.3 Å². The molecule has 2 fully saturated rings. The molecular formula is C19H21BN2O6. The molecule has 1 N–H and O–H groups in total. The number of carbonyl (C=O) groups is 4. The van der Waals surface area contributed by atoms with Crippen molar-refractivity contribution < 1.29 is 28.5 Å². The van der Waals surface area contributed by atoms with Crippen LogP contribution in [-0.4, -0.2) is 52.9 Å². The number of carbonyl (C=O) groups excluding carboxylic acids is 4. The summed E-state index contributed by atoms with van der Waals surface area (Å²) in [4.78, 5) is 50.0. The third kappa shape index (κ3) is 2.77. The minimum Gasteiger partial charge on any atom is -0.399 e. The second kappa shape index (κ2) is 5.99. The molecule has 3 aliphatic heterocycles. The highest BCUT2D eigenvalue weighted by Crippen LogP contribution is 2.37. The summed E-state index contributed by atoms with van der Waals surface area (Å²) in [6.07, 6.45) is -0.164. The zero-order chi connectivity index (χ0) is 20.4. The zero-order valence-corrected chi connectivity index (χ0v) is 16.2. The Bertz CT molecular complexity index is 893. The molecule has 4 rings (SSSR count). The zero-order valence-electron chi connectivity index (χ0n) is 16.2. The Balaban J connectivity index is 1.63. The SMILES string of the molecule is CC1(C)OB(c2ccc3c(c2)C(=O)N(C2CC(=O)NC(=O)C2)C3=O)OC1(C)C. The molecule has 0 bridgehead atoms. The van der Waals surface area contributed by atoms with Crippen LogP contribution in [0.1, 0.15) is 61.3 Å². The predicted octanol–water partition coefficient (Wildman–Crippen LogP) is 0.387. The van der Waals surface area contributed by atoms with Gasteiger partial charge in [0.05, 0.1) is 28.4 Å². The van der Waals surface area contributed by atoms with Crippen LogP contribution >= 0.6 is 0 Å². The molecule has 3 aliphatic rings. The Morgan fingerprint density at radius 1 is 0.929 bits per heavy atom. The molecule has 0 saturated carbocycles. The molecule has 0 atom stereocenters. The largest absolute Gasteiger partial charge is 0.494 e. The van der Waals surface area contributed by atoms with E-state index in [9.17, 15) is 19.2 Å². The van der Waals surface area contributed by atoms with E-state index in [1.165, 1.54) is 0 Å². The molecule has 0 spiro atoms. The fourth-order valence-electron chi connectivity index (χ4n) is 3.67. The summed E-state index contributed by atoms with van der Waals surface area (Å²) in [7, 11) is -0.658. The number of hydrogen-bond acceptors (Lipinski definition) is 6. The van der Waals surface area contributed by atoms with Crippen molar-refractivity contribution in [3.8, 4) is 0 Å². The van der Waals surface area contributed by atoms with Crippen molar-refractivity contribution in [2.24, 2.45) is 0 Å². The van der Waals surface area contributed by atoms with Crippen molar-refractivity contribution in [2.75, 3.05) is 0 Å². The number of rotatable bonds is 2. The van der Waals surface area contributed by atoms with Crippen LogP contribution in [-0.2, 0) is 18.9 Å². The fourth-order valence-corrected chi connectivity index (χ4v) is 3.67. The number of benzene rings is 1.